The van der Waals surface area contributed by atoms with Crippen molar-refractivity contribution in [3.05, 3.63) is 70.5 Å². The molecule has 0 aliphatic carbocycles. The summed E-state index contributed by atoms with van der Waals surface area (Å²) in [5.74, 6) is 0. The molecule has 27 heavy (non-hydrogen) atoms. The average Bonchev–Trinajstić information content (AvgIpc) is 2.90. The number of hydrogen-bond acceptors (Lipinski definition) is 3. The first-order chi connectivity index (χ1) is 13.0. The van der Waals surface area contributed by atoms with Gasteiger partial charge in [0.05, 0.1) is 12.9 Å². The summed E-state index contributed by atoms with van der Waals surface area (Å²) in [6.45, 7) is 0.788. The largest absolute Gasteiger partial charge is 0.453 e. The van der Waals surface area contributed by atoms with Crippen LogP contribution in [0.15, 0.2) is 59.3 Å². The number of fused-ring (bicyclic) bond motifs is 1. The van der Waals surface area contributed by atoms with Crippen molar-refractivity contribution in [3.63, 3.8) is 0 Å². The van der Waals surface area contributed by atoms with Crippen LogP contribution in [0.4, 0.5) is 4.39 Å². The minimum atomic E-state index is -0.360. The van der Waals surface area contributed by atoms with Gasteiger partial charge in [0, 0.05) is 19.2 Å². The molecule has 1 aromatic carbocycles. The van der Waals surface area contributed by atoms with Gasteiger partial charge in [-0.05, 0) is 46.6 Å². The van der Waals surface area contributed by atoms with Gasteiger partial charge in [-0.15, -0.1) is 9.08 Å². The molecule has 0 saturated carbocycles. The van der Waals surface area contributed by atoms with Crippen molar-refractivity contribution in [1.82, 2.24) is 14.0 Å². The Morgan fingerprint density at radius 2 is 2.07 bits per heavy atom. The van der Waals surface area contributed by atoms with E-state index in [1.54, 1.807) is 6.20 Å². The summed E-state index contributed by atoms with van der Waals surface area (Å²) in [6.07, 6.45) is 2.09. The fourth-order valence-corrected chi connectivity index (χ4v) is 3.28. The topological polar surface area (TPSA) is 59.6 Å². The zero-order valence-corrected chi connectivity index (χ0v) is 16.0. The lowest BCUT2D eigenvalue weighted by Crippen LogP contribution is -2.39. The Balaban J connectivity index is 2.12. The number of aromatic nitrogens is 3. The minimum Gasteiger partial charge on any atom is -0.327 e. The monoisotopic (exact) mass is 390 g/mol. The highest BCUT2D eigenvalue weighted by atomic mass is 35.5. The quantitative estimate of drug-likeness (QED) is 0.699. The van der Waals surface area contributed by atoms with Gasteiger partial charge in [0.2, 0.25) is 0 Å². The number of halogens is 2. The SMILES string of the molecule is CN(C)Cc1ccccc1-c1ccn2c(=O)n(C/C(=C/F)CN)[n+](Cl)c2c1. The summed E-state index contributed by atoms with van der Waals surface area (Å²) in [7, 11) is 4.03. The first kappa shape index (κ1) is 19.3. The summed E-state index contributed by atoms with van der Waals surface area (Å²) >= 11 is 6.36. The van der Waals surface area contributed by atoms with Crippen molar-refractivity contribution in [1.29, 1.82) is 0 Å². The lowest BCUT2D eigenvalue weighted by molar-refractivity contribution is -0.593. The van der Waals surface area contributed by atoms with E-state index in [1.165, 1.54) is 18.8 Å². The Kier molecular flexibility index (Phi) is 5.74. The molecule has 0 aliphatic heterocycles. The molecule has 0 saturated heterocycles. The van der Waals surface area contributed by atoms with Crippen LogP contribution in [0.1, 0.15) is 5.56 Å². The molecule has 0 amide bonds. The summed E-state index contributed by atoms with van der Waals surface area (Å²) in [6, 6.07) is 11.8. The maximum absolute atomic E-state index is 12.9. The second-order valence-corrected chi connectivity index (χ2v) is 6.93. The Hall–Kier alpha value is -2.48. The van der Waals surface area contributed by atoms with Crippen LogP contribution in [-0.2, 0) is 13.1 Å². The van der Waals surface area contributed by atoms with Crippen LogP contribution in [0.5, 0.6) is 0 Å². The van der Waals surface area contributed by atoms with Crippen LogP contribution in [-0.4, -0.2) is 34.6 Å². The number of nitrogens with two attached hydrogens (primary N) is 1. The van der Waals surface area contributed by atoms with Crippen LogP contribution < -0.4 is 15.6 Å². The Morgan fingerprint density at radius 1 is 1.33 bits per heavy atom. The Morgan fingerprint density at radius 3 is 2.74 bits per heavy atom. The van der Waals surface area contributed by atoms with Gasteiger partial charge >= 0.3 is 11.3 Å². The molecule has 2 aromatic heterocycles. The molecule has 6 nitrogen and oxygen atoms in total. The second-order valence-electron chi connectivity index (χ2n) is 6.61. The van der Waals surface area contributed by atoms with Crippen molar-refractivity contribution < 1.29 is 8.59 Å². The summed E-state index contributed by atoms with van der Waals surface area (Å²) in [5, 5.41) is 0. The molecule has 0 spiro atoms. The molecule has 0 aliphatic rings. The van der Waals surface area contributed by atoms with E-state index >= 15 is 0 Å². The Labute approximate surface area is 161 Å². The normalized spacial score (nSPS) is 12.3. The van der Waals surface area contributed by atoms with E-state index in [4.69, 9.17) is 17.5 Å². The van der Waals surface area contributed by atoms with Gasteiger partial charge < -0.3 is 10.6 Å². The highest BCUT2D eigenvalue weighted by Gasteiger charge is 2.22. The van der Waals surface area contributed by atoms with Crippen LogP contribution in [0.3, 0.4) is 0 Å². The zero-order chi connectivity index (χ0) is 19.6. The van der Waals surface area contributed by atoms with Gasteiger partial charge in [-0.1, -0.05) is 24.3 Å². The van der Waals surface area contributed by atoms with Gasteiger partial charge in [-0.25, -0.2) is 9.18 Å². The van der Waals surface area contributed by atoms with Gasteiger partial charge in [-0.2, -0.15) is 0 Å². The summed E-state index contributed by atoms with van der Waals surface area (Å²) in [5.41, 5.74) is 9.08. The maximum Gasteiger partial charge on any atom is 0.453 e. The van der Waals surface area contributed by atoms with E-state index in [0.717, 1.165) is 17.7 Å². The molecule has 0 unspecified atom stereocenters. The second kappa shape index (κ2) is 8.04. The molecule has 8 heteroatoms. The summed E-state index contributed by atoms with van der Waals surface area (Å²) < 4.78 is 16.8. The predicted octanol–water partition coefficient (Wildman–Crippen LogP) is 1.93. The van der Waals surface area contributed by atoms with Crippen molar-refractivity contribution in [3.8, 4) is 11.1 Å². The van der Waals surface area contributed by atoms with Crippen LogP contribution >= 0.6 is 11.8 Å². The number of pyridine rings is 1. The smallest absolute Gasteiger partial charge is 0.327 e. The molecule has 0 fully saturated rings. The Bertz CT molecular complexity index is 1050. The number of rotatable bonds is 6. The van der Waals surface area contributed by atoms with Crippen molar-refractivity contribution in [2.45, 2.75) is 13.1 Å². The highest BCUT2D eigenvalue weighted by molar-refractivity contribution is 6.04. The third-order valence-electron chi connectivity index (χ3n) is 4.35. The first-order valence-corrected chi connectivity index (χ1v) is 8.84. The van der Waals surface area contributed by atoms with Gasteiger partial charge in [0.1, 0.15) is 6.20 Å². The van der Waals surface area contributed by atoms with E-state index in [2.05, 4.69) is 11.0 Å². The van der Waals surface area contributed by atoms with Crippen LogP contribution in [0.2, 0.25) is 0 Å². The molecule has 0 radical (unpaired) electrons. The van der Waals surface area contributed by atoms with Crippen molar-refractivity contribution in [2.75, 3.05) is 20.6 Å². The van der Waals surface area contributed by atoms with Gasteiger partial charge in [0.25, 0.3) is 0 Å². The van der Waals surface area contributed by atoms with E-state index in [0.29, 0.717) is 12.0 Å². The highest BCUT2D eigenvalue weighted by Crippen LogP contribution is 2.25. The van der Waals surface area contributed by atoms with Crippen molar-refractivity contribution >= 4 is 17.4 Å². The molecule has 3 aromatic rings. The molecular formula is C19H22ClFN5O+. The van der Waals surface area contributed by atoms with Crippen LogP contribution in [0.25, 0.3) is 16.8 Å². The van der Waals surface area contributed by atoms with E-state index in [9.17, 15) is 9.18 Å². The molecule has 3 rings (SSSR count). The van der Waals surface area contributed by atoms with Gasteiger partial charge in [-0.3, -0.25) is 0 Å². The number of nitrogens with zero attached hydrogens (tertiary/aromatic N) is 4. The average molecular weight is 391 g/mol. The molecule has 0 bridgehead atoms. The first-order valence-electron chi connectivity index (χ1n) is 8.51. The standard InChI is InChI=1S/C19H22ClFN5O/c1-23(2)13-16-5-3-4-6-17(16)15-7-8-24-18(9-15)26(20)25(19(24)27)12-14(10-21)11-22/h3-10H,11-13,22H2,1-2H3/q+1/b14-10+. The van der Waals surface area contributed by atoms with E-state index in [1.807, 2.05) is 44.4 Å². The van der Waals surface area contributed by atoms with Crippen molar-refractivity contribution in [2.24, 2.45) is 5.73 Å². The molecule has 2 heterocycles. The molecule has 2 N–H and O–H groups in total. The third kappa shape index (κ3) is 3.80. The number of benzene rings is 1. The third-order valence-corrected chi connectivity index (χ3v) is 4.70. The fourth-order valence-electron chi connectivity index (χ4n) is 3.03. The molecular weight excluding hydrogens is 369 g/mol. The lowest BCUT2D eigenvalue weighted by Gasteiger charge is -2.13. The minimum absolute atomic E-state index is 0.00911. The molecule has 142 valence electrons. The van der Waals surface area contributed by atoms with Gasteiger partial charge in [0.15, 0.2) is 11.8 Å². The zero-order valence-electron chi connectivity index (χ0n) is 15.3. The lowest BCUT2D eigenvalue weighted by atomic mass is 10.0. The van der Waals surface area contributed by atoms with E-state index < -0.39 is 0 Å². The van der Waals surface area contributed by atoms with E-state index in [-0.39, 0.29) is 24.4 Å². The maximum atomic E-state index is 12.9. The number of hydrogen-bond donors (Lipinski definition) is 1. The van der Waals surface area contributed by atoms with Crippen LogP contribution in [0, 0.1) is 0 Å². The predicted molar refractivity (Wildman–Crippen MR) is 104 cm³/mol. The fraction of sp³-hybridized carbons (Fsp3) is 0.263. The molecule has 0 atom stereocenters. The summed E-state index contributed by atoms with van der Waals surface area (Å²) in [4.78, 5) is 14.7.